The average molecular weight is 401 g/mol. The van der Waals surface area contributed by atoms with E-state index in [4.69, 9.17) is 31.5 Å². The number of amides is 3. The number of hydrogen-bond acceptors (Lipinski definition) is 6. The lowest BCUT2D eigenvalue weighted by Crippen LogP contribution is -2.45. The van der Waals surface area contributed by atoms with Gasteiger partial charge in [-0.1, -0.05) is 39.3 Å². The zero-order valence-electron chi connectivity index (χ0n) is 16.0. The van der Waals surface area contributed by atoms with E-state index in [1.807, 2.05) is 19.2 Å². The van der Waals surface area contributed by atoms with E-state index < -0.39 is 24.0 Å². The number of nitrogens with one attached hydrogen (secondary N) is 1. The van der Waals surface area contributed by atoms with Crippen LogP contribution >= 0.6 is 11.6 Å². The molecule has 1 aromatic carbocycles. The fourth-order valence-electron chi connectivity index (χ4n) is 2.10. The highest BCUT2D eigenvalue weighted by atomic mass is 35.5. The van der Waals surface area contributed by atoms with Crippen LogP contribution in [-0.2, 0) is 9.53 Å². The Morgan fingerprint density at radius 1 is 1.19 bits per heavy atom. The van der Waals surface area contributed by atoms with Crippen LogP contribution < -0.4 is 20.5 Å². The first kappa shape index (κ1) is 22.6. The molecule has 9 heteroatoms. The van der Waals surface area contributed by atoms with E-state index in [1.54, 1.807) is 13.8 Å². The maximum atomic E-state index is 12.5. The summed E-state index contributed by atoms with van der Waals surface area (Å²) in [5.41, 5.74) is 5.01. The lowest BCUT2D eigenvalue weighted by Gasteiger charge is -2.20. The molecule has 0 unspecified atom stereocenters. The van der Waals surface area contributed by atoms with Crippen LogP contribution in [0.3, 0.4) is 0 Å². The fourth-order valence-corrected chi connectivity index (χ4v) is 2.36. The smallest absolute Gasteiger partial charge is 0.339 e. The zero-order chi connectivity index (χ0) is 20.7. The number of urea groups is 1. The van der Waals surface area contributed by atoms with Gasteiger partial charge in [-0.15, -0.1) is 0 Å². The number of nitrogens with two attached hydrogens (primary N) is 1. The molecule has 0 spiro atoms. The maximum absolute atomic E-state index is 12.5. The molecular formula is C18H25ClN2O6. The van der Waals surface area contributed by atoms with Gasteiger partial charge in [-0.3, -0.25) is 10.1 Å². The van der Waals surface area contributed by atoms with Gasteiger partial charge in [0.2, 0.25) is 0 Å². The summed E-state index contributed by atoms with van der Waals surface area (Å²) < 4.78 is 16.1. The van der Waals surface area contributed by atoms with Crippen LogP contribution in [0.15, 0.2) is 12.1 Å². The molecule has 150 valence electrons. The lowest BCUT2D eigenvalue weighted by atomic mass is 10.1. The van der Waals surface area contributed by atoms with E-state index in [-0.39, 0.29) is 28.2 Å². The number of benzene rings is 1. The highest BCUT2D eigenvalue weighted by Gasteiger charge is 2.28. The van der Waals surface area contributed by atoms with E-state index >= 15 is 0 Å². The lowest BCUT2D eigenvalue weighted by molar-refractivity contribution is -0.130. The molecule has 1 aromatic rings. The molecule has 1 rings (SSSR count). The predicted octanol–water partition coefficient (Wildman–Crippen LogP) is 2.76. The van der Waals surface area contributed by atoms with E-state index in [1.165, 1.54) is 19.2 Å². The minimum absolute atomic E-state index is 0.0753. The Morgan fingerprint density at radius 3 is 2.30 bits per heavy atom. The number of carbonyl (C=O) groups is 3. The summed E-state index contributed by atoms with van der Waals surface area (Å²) in [5, 5.41) is 2.07. The van der Waals surface area contributed by atoms with Crippen molar-refractivity contribution >= 4 is 29.5 Å². The Hall–Kier alpha value is -2.48. The van der Waals surface area contributed by atoms with Crippen LogP contribution in [0.1, 0.15) is 38.1 Å². The summed E-state index contributed by atoms with van der Waals surface area (Å²) in [4.78, 5) is 35.3. The third-order valence-electron chi connectivity index (χ3n) is 3.37. The summed E-state index contributed by atoms with van der Waals surface area (Å²) in [6, 6.07) is 1.75. The van der Waals surface area contributed by atoms with E-state index in [0.717, 1.165) is 0 Å². The molecule has 0 aliphatic rings. The van der Waals surface area contributed by atoms with Crippen molar-refractivity contribution in [3.8, 4) is 11.5 Å². The summed E-state index contributed by atoms with van der Waals surface area (Å²) in [6.07, 6.45) is -1.20. The Labute approximate surface area is 163 Å². The summed E-state index contributed by atoms with van der Waals surface area (Å²) >= 11 is 6.22. The quantitative estimate of drug-likeness (QED) is 0.648. The average Bonchev–Trinajstić information content (AvgIpc) is 2.56. The number of imide groups is 1. The SMILES string of the molecule is COc1cc(C(=O)O[C@H](C(=O)NC(N)=O)C(C)C)cc(Cl)c1OCC(C)C. The minimum atomic E-state index is -1.20. The largest absolute Gasteiger partial charge is 0.493 e. The molecule has 1 atom stereocenters. The van der Waals surface area contributed by atoms with Gasteiger partial charge in [-0.05, 0) is 24.0 Å². The van der Waals surface area contributed by atoms with Gasteiger partial charge in [0.1, 0.15) is 0 Å². The molecule has 0 radical (unpaired) electrons. The fraction of sp³-hybridized carbons (Fsp3) is 0.500. The number of rotatable bonds is 8. The minimum Gasteiger partial charge on any atom is -0.493 e. The predicted molar refractivity (Wildman–Crippen MR) is 100 cm³/mol. The Kier molecular flexibility index (Phi) is 8.36. The van der Waals surface area contributed by atoms with Crippen LogP contribution in [-0.4, -0.2) is 37.7 Å². The van der Waals surface area contributed by atoms with E-state index in [0.29, 0.717) is 12.4 Å². The molecule has 0 aliphatic carbocycles. The maximum Gasteiger partial charge on any atom is 0.339 e. The summed E-state index contributed by atoms with van der Waals surface area (Å²) in [6.45, 7) is 7.71. The van der Waals surface area contributed by atoms with E-state index in [2.05, 4.69) is 0 Å². The highest BCUT2D eigenvalue weighted by molar-refractivity contribution is 6.32. The Balaban J connectivity index is 3.06. The second-order valence-electron chi connectivity index (χ2n) is 6.62. The van der Waals surface area contributed by atoms with Gasteiger partial charge in [0.25, 0.3) is 5.91 Å². The van der Waals surface area contributed by atoms with Crippen molar-refractivity contribution in [2.75, 3.05) is 13.7 Å². The normalized spacial score (nSPS) is 11.9. The first-order valence-electron chi connectivity index (χ1n) is 8.38. The molecule has 0 saturated heterocycles. The van der Waals surface area contributed by atoms with Crippen molar-refractivity contribution in [3.63, 3.8) is 0 Å². The number of primary amides is 1. The number of hydrogen-bond donors (Lipinski definition) is 2. The third kappa shape index (κ3) is 6.63. The molecule has 8 nitrogen and oxygen atoms in total. The molecule has 27 heavy (non-hydrogen) atoms. The van der Waals surface area contributed by atoms with Crippen molar-refractivity contribution in [1.29, 1.82) is 0 Å². The van der Waals surface area contributed by atoms with Crippen LogP contribution in [0.2, 0.25) is 5.02 Å². The first-order valence-corrected chi connectivity index (χ1v) is 8.76. The molecule has 3 N–H and O–H groups in total. The van der Waals surface area contributed by atoms with Crippen molar-refractivity contribution in [3.05, 3.63) is 22.7 Å². The summed E-state index contributed by atoms with van der Waals surface area (Å²) in [5.74, 6) is -1.15. The summed E-state index contributed by atoms with van der Waals surface area (Å²) in [7, 11) is 1.42. The van der Waals surface area contributed by atoms with Gasteiger partial charge < -0.3 is 19.9 Å². The van der Waals surface area contributed by atoms with Crippen LogP contribution in [0.5, 0.6) is 11.5 Å². The molecule has 0 heterocycles. The number of esters is 1. The molecule has 0 bridgehead atoms. The van der Waals surface area contributed by atoms with Crippen LogP contribution in [0.25, 0.3) is 0 Å². The van der Waals surface area contributed by atoms with Gasteiger partial charge in [0.05, 0.1) is 24.3 Å². The second-order valence-corrected chi connectivity index (χ2v) is 7.02. The van der Waals surface area contributed by atoms with Crippen LogP contribution in [0.4, 0.5) is 4.79 Å². The Bertz CT molecular complexity index is 705. The number of carbonyl (C=O) groups excluding carboxylic acids is 3. The van der Waals surface area contributed by atoms with Gasteiger partial charge in [-0.2, -0.15) is 0 Å². The molecule has 0 aliphatic heterocycles. The Morgan fingerprint density at radius 2 is 1.81 bits per heavy atom. The standard InChI is InChI=1S/C18H25ClN2O6/c1-9(2)8-26-15-12(19)6-11(7-13(15)25-5)17(23)27-14(10(3)4)16(22)21-18(20)24/h6-7,9-10,14H,8H2,1-5H3,(H3,20,21,22,24)/t14-/m0/s1. The van der Waals surface area contributed by atoms with Crippen molar-refractivity contribution in [1.82, 2.24) is 5.32 Å². The van der Waals surface area contributed by atoms with Gasteiger partial charge in [-0.25, -0.2) is 9.59 Å². The molecule has 3 amide bonds. The number of methoxy groups -OCH3 is 1. The van der Waals surface area contributed by atoms with Gasteiger partial charge >= 0.3 is 12.0 Å². The topological polar surface area (TPSA) is 117 Å². The molecular weight excluding hydrogens is 376 g/mol. The van der Waals surface area contributed by atoms with Crippen molar-refractivity contribution in [2.45, 2.75) is 33.8 Å². The molecule has 0 saturated carbocycles. The van der Waals surface area contributed by atoms with Crippen molar-refractivity contribution < 1.29 is 28.6 Å². The van der Waals surface area contributed by atoms with Gasteiger partial charge in [0.15, 0.2) is 17.6 Å². The monoisotopic (exact) mass is 400 g/mol. The highest BCUT2D eigenvalue weighted by Crippen LogP contribution is 2.37. The number of ether oxygens (including phenoxy) is 3. The second kappa shape index (κ2) is 10.0. The molecule has 0 aromatic heterocycles. The first-order chi connectivity index (χ1) is 12.6. The third-order valence-corrected chi connectivity index (χ3v) is 3.65. The van der Waals surface area contributed by atoms with Crippen LogP contribution in [0, 0.1) is 11.8 Å². The van der Waals surface area contributed by atoms with E-state index in [9.17, 15) is 14.4 Å². The van der Waals surface area contributed by atoms with Crippen molar-refractivity contribution in [2.24, 2.45) is 17.6 Å². The zero-order valence-corrected chi connectivity index (χ0v) is 16.8. The number of halogens is 1. The van der Waals surface area contributed by atoms with Gasteiger partial charge in [0, 0.05) is 0 Å². The molecule has 0 fully saturated rings.